The summed E-state index contributed by atoms with van der Waals surface area (Å²) in [5.74, 6) is 0. The lowest BCUT2D eigenvalue weighted by Crippen LogP contribution is -2.11. The fourth-order valence-corrected chi connectivity index (χ4v) is 3.44. The van der Waals surface area contributed by atoms with Crippen LogP contribution in [0.4, 0.5) is 0 Å². The summed E-state index contributed by atoms with van der Waals surface area (Å²) in [5, 5.41) is 2.97. The van der Waals surface area contributed by atoms with Crippen LogP contribution in [0.1, 0.15) is 23.6 Å². The van der Waals surface area contributed by atoms with Crippen LogP contribution in [0, 0.1) is 13.8 Å². The van der Waals surface area contributed by atoms with Crippen molar-refractivity contribution in [2.45, 2.75) is 27.2 Å². The third kappa shape index (κ3) is 2.76. The van der Waals surface area contributed by atoms with Crippen LogP contribution in [0.3, 0.4) is 0 Å². The van der Waals surface area contributed by atoms with Gasteiger partial charge in [-0.3, -0.25) is 0 Å². The molecule has 2 aromatic rings. The maximum atomic E-state index is 2.26. The third-order valence-electron chi connectivity index (χ3n) is 3.27. The van der Waals surface area contributed by atoms with Crippen LogP contribution in [-0.2, 0) is 6.42 Å². The van der Waals surface area contributed by atoms with E-state index in [-0.39, 0.29) is 0 Å². The zero-order valence-electron chi connectivity index (χ0n) is 10.7. The van der Waals surface area contributed by atoms with Crippen LogP contribution >= 0.6 is 8.58 Å². The summed E-state index contributed by atoms with van der Waals surface area (Å²) in [6, 6.07) is 15.4. The van der Waals surface area contributed by atoms with E-state index in [2.05, 4.69) is 63.2 Å². The molecule has 0 fully saturated rings. The molecule has 0 aliphatic heterocycles. The van der Waals surface area contributed by atoms with Crippen molar-refractivity contribution in [3.63, 3.8) is 0 Å². The molecule has 1 unspecified atom stereocenters. The molecule has 0 saturated carbocycles. The zero-order chi connectivity index (χ0) is 12.3. The van der Waals surface area contributed by atoms with Crippen molar-refractivity contribution < 1.29 is 0 Å². The van der Waals surface area contributed by atoms with Crippen LogP contribution in [0.25, 0.3) is 0 Å². The lowest BCUT2D eigenvalue weighted by Gasteiger charge is -2.11. The molecule has 0 saturated heterocycles. The first-order valence-electron chi connectivity index (χ1n) is 6.13. The van der Waals surface area contributed by atoms with Gasteiger partial charge in [-0.25, -0.2) is 0 Å². The van der Waals surface area contributed by atoms with Gasteiger partial charge in [0, 0.05) is 0 Å². The van der Waals surface area contributed by atoms with E-state index in [1.165, 1.54) is 27.3 Å². The van der Waals surface area contributed by atoms with E-state index in [9.17, 15) is 0 Å². The molecule has 0 aliphatic carbocycles. The van der Waals surface area contributed by atoms with E-state index < -0.39 is 0 Å². The molecule has 0 spiro atoms. The molecule has 88 valence electrons. The molecule has 1 atom stereocenters. The molecule has 0 amide bonds. The van der Waals surface area contributed by atoms with Crippen molar-refractivity contribution in [2.24, 2.45) is 0 Å². The van der Waals surface area contributed by atoms with Crippen molar-refractivity contribution >= 4 is 19.2 Å². The van der Waals surface area contributed by atoms with Crippen molar-refractivity contribution in [1.82, 2.24) is 0 Å². The minimum Gasteiger partial charge on any atom is -0.0619 e. The quantitative estimate of drug-likeness (QED) is 0.723. The van der Waals surface area contributed by atoms with Gasteiger partial charge in [0.15, 0.2) is 0 Å². The third-order valence-corrected chi connectivity index (χ3v) is 4.84. The van der Waals surface area contributed by atoms with E-state index in [0.717, 1.165) is 15.0 Å². The van der Waals surface area contributed by atoms with Gasteiger partial charge in [0.05, 0.1) is 0 Å². The first-order valence-corrected chi connectivity index (χ1v) is 7.13. The molecule has 0 radical (unpaired) electrons. The van der Waals surface area contributed by atoms with Crippen molar-refractivity contribution in [1.29, 1.82) is 0 Å². The second-order valence-corrected chi connectivity index (χ2v) is 5.71. The Labute approximate surface area is 106 Å². The van der Waals surface area contributed by atoms with Gasteiger partial charge in [-0.2, -0.15) is 0 Å². The van der Waals surface area contributed by atoms with E-state index in [4.69, 9.17) is 0 Å². The molecule has 0 aliphatic rings. The number of hydrogen-bond donors (Lipinski definition) is 0. The summed E-state index contributed by atoms with van der Waals surface area (Å²) >= 11 is 0. The molecule has 0 N–H and O–H groups in total. The summed E-state index contributed by atoms with van der Waals surface area (Å²) in [4.78, 5) is 0. The molecule has 1 heteroatoms. The molecule has 2 aromatic carbocycles. The Morgan fingerprint density at radius 2 is 1.59 bits per heavy atom. The Bertz CT molecular complexity index is 515. The highest BCUT2D eigenvalue weighted by Gasteiger charge is 2.04. The predicted molar refractivity (Wildman–Crippen MR) is 79.3 cm³/mol. The van der Waals surface area contributed by atoms with E-state index in [0.29, 0.717) is 0 Å². The Balaban J connectivity index is 2.35. The fourth-order valence-electron chi connectivity index (χ4n) is 1.98. The van der Waals surface area contributed by atoms with Crippen LogP contribution in [0.15, 0.2) is 42.5 Å². The van der Waals surface area contributed by atoms with E-state index in [1.54, 1.807) is 0 Å². The summed E-state index contributed by atoms with van der Waals surface area (Å²) in [6.45, 7) is 6.65. The molecule has 0 aromatic heterocycles. The highest BCUT2D eigenvalue weighted by Crippen LogP contribution is 2.18. The number of benzene rings is 2. The normalized spacial score (nSPS) is 11.2. The SMILES string of the molecule is CCc1ccccc1Pc1cccc(C)c1C. The highest BCUT2D eigenvalue weighted by molar-refractivity contribution is 7.55. The lowest BCUT2D eigenvalue weighted by molar-refractivity contribution is 1.15. The van der Waals surface area contributed by atoms with Crippen molar-refractivity contribution in [3.05, 3.63) is 59.2 Å². The molecular formula is C16H19P. The van der Waals surface area contributed by atoms with Crippen molar-refractivity contribution in [3.8, 4) is 0 Å². The largest absolute Gasteiger partial charge is 0.0619 e. The Hall–Kier alpha value is -1.13. The van der Waals surface area contributed by atoms with Crippen LogP contribution in [0.2, 0.25) is 0 Å². The Kier molecular flexibility index (Phi) is 3.97. The van der Waals surface area contributed by atoms with Gasteiger partial charge in [0.1, 0.15) is 0 Å². The van der Waals surface area contributed by atoms with Gasteiger partial charge in [-0.15, -0.1) is 0 Å². The molecule has 0 nitrogen and oxygen atoms in total. The Morgan fingerprint density at radius 1 is 0.882 bits per heavy atom. The first kappa shape index (κ1) is 12.3. The topological polar surface area (TPSA) is 0 Å². The smallest absolute Gasteiger partial charge is 0.0194 e. The molecular weight excluding hydrogens is 223 g/mol. The number of rotatable bonds is 3. The summed E-state index contributed by atoms with van der Waals surface area (Å²) in [5.41, 5.74) is 4.31. The van der Waals surface area contributed by atoms with Gasteiger partial charge in [0.2, 0.25) is 0 Å². The van der Waals surface area contributed by atoms with Crippen LogP contribution in [-0.4, -0.2) is 0 Å². The fraction of sp³-hybridized carbons (Fsp3) is 0.250. The molecule has 17 heavy (non-hydrogen) atoms. The second kappa shape index (κ2) is 5.47. The number of hydrogen-bond acceptors (Lipinski definition) is 0. The average Bonchev–Trinajstić information content (AvgIpc) is 2.35. The predicted octanol–water partition coefficient (Wildman–Crippen LogP) is 3.50. The van der Waals surface area contributed by atoms with Gasteiger partial charge in [0.25, 0.3) is 0 Å². The maximum absolute atomic E-state index is 2.26. The van der Waals surface area contributed by atoms with E-state index >= 15 is 0 Å². The summed E-state index contributed by atoms with van der Waals surface area (Å²) < 4.78 is 0. The number of aryl methyl sites for hydroxylation is 2. The van der Waals surface area contributed by atoms with Crippen LogP contribution in [0.5, 0.6) is 0 Å². The minimum atomic E-state index is 0.778. The lowest BCUT2D eigenvalue weighted by atomic mass is 10.1. The highest BCUT2D eigenvalue weighted by atomic mass is 31.1. The Morgan fingerprint density at radius 3 is 2.35 bits per heavy atom. The van der Waals surface area contributed by atoms with Gasteiger partial charge >= 0.3 is 0 Å². The molecule has 0 bridgehead atoms. The minimum absolute atomic E-state index is 0.778. The second-order valence-electron chi connectivity index (χ2n) is 4.38. The molecule has 2 rings (SSSR count). The van der Waals surface area contributed by atoms with Gasteiger partial charge < -0.3 is 0 Å². The van der Waals surface area contributed by atoms with Crippen LogP contribution < -0.4 is 10.6 Å². The first-order chi connectivity index (χ1) is 8.22. The summed E-state index contributed by atoms with van der Waals surface area (Å²) in [6.07, 6.45) is 1.12. The monoisotopic (exact) mass is 242 g/mol. The average molecular weight is 242 g/mol. The standard InChI is InChI=1S/C16H19P/c1-4-14-9-5-6-10-16(14)17-15-11-7-8-12(2)13(15)3/h5-11,17H,4H2,1-3H3. The van der Waals surface area contributed by atoms with Crippen molar-refractivity contribution in [2.75, 3.05) is 0 Å². The molecule has 0 heterocycles. The van der Waals surface area contributed by atoms with Gasteiger partial charge in [-0.1, -0.05) is 58.0 Å². The van der Waals surface area contributed by atoms with Gasteiger partial charge in [-0.05, 0) is 47.6 Å². The zero-order valence-corrected chi connectivity index (χ0v) is 11.7. The maximum Gasteiger partial charge on any atom is -0.0194 e. The van der Waals surface area contributed by atoms with E-state index in [1.807, 2.05) is 0 Å². The summed E-state index contributed by atoms with van der Waals surface area (Å²) in [7, 11) is 0.778.